The number of carbonyl (C=O) groups is 2. The van der Waals surface area contributed by atoms with Crippen LogP contribution in [0.1, 0.15) is 24.5 Å². The third-order valence-corrected chi connectivity index (χ3v) is 7.10. The van der Waals surface area contributed by atoms with Crippen molar-refractivity contribution in [3.8, 4) is 0 Å². The van der Waals surface area contributed by atoms with E-state index < -0.39 is 14.0 Å². The lowest BCUT2D eigenvalue weighted by molar-refractivity contribution is -0.155. The predicted molar refractivity (Wildman–Crippen MR) is 111 cm³/mol. The van der Waals surface area contributed by atoms with Gasteiger partial charge in [0.25, 0.3) is 0 Å². The zero-order valence-corrected chi connectivity index (χ0v) is 18.9. The Morgan fingerprint density at radius 3 is 2.74 bits per heavy atom. The molecule has 27 heavy (non-hydrogen) atoms. The Morgan fingerprint density at radius 1 is 1.30 bits per heavy atom. The van der Waals surface area contributed by atoms with Gasteiger partial charge in [-0.2, -0.15) is 5.10 Å². The van der Waals surface area contributed by atoms with E-state index in [0.29, 0.717) is 19.4 Å². The number of benzene rings is 1. The average Bonchev–Trinajstić information content (AvgIpc) is 2.89. The first-order valence-corrected chi connectivity index (χ1v) is 13.7. The van der Waals surface area contributed by atoms with E-state index in [1.165, 1.54) is 4.90 Å². The number of halogens is 1. The number of amides is 2. The highest BCUT2D eigenvalue weighted by atomic mass is 79.9. The van der Waals surface area contributed by atoms with Gasteiger partial charge >= 0.3 is 0 Å². The Kier molecular flexibility index (Phi) is 5.88. The Morgan fingerprint density at radius 2 is 2.04 bits per heavy atom. The third kappa shape index (κ3) is 4.49. The lowest BCUT2D eigenvalue weighted by atomic mass is 9.92. The number of ether oxygens (including phenoxy) is 1. The number of aryl methyl sites for hydroxylation is 1. The molecule has 2 aromatic rings. The summed E-state index contributed by atoms with van der Waals surface area (Å²) in [6.45, 7) is 7.43. The molecule has 0 N–H and O–H groups in total. The molecule has 2 heterocycles. The number of hydrogen-bond donors (Lipinski definition) is 0. The van der Waals surface area contributed by atoms with Gasteiger partial charge < -0.3 is 4.74 Å². The summed E-state index contributed by atoms with van der Waals surface area (Å²) in [4.78, 5) is 26.6. The van der Waals surface area contributed by atoms with Crippen molar-refractivity contribution >= 4 is 46.7 Å². The summed E-state index contributed by atoms with van der Waals surface area (Å²) in [6, 6.07) is 6.92. The molecule has 0 spiro atoms. The summed E-state index contributed by atoms with van der Waals surface area (Å²) in [7, 11) is 0.663. The average molecular weight is 452 g/mol. The number of aromatic nitrogens is 2. The lowest BCUT2D eigenvalue weighted by Crippen LogP contribution is -2.45. The van der Waals surface area contributed by atoms with E-state index in [1.807, 2.05) is 25.2 Å². The fraction of sp³-hybridized carbons (Fsp3) is 0.526. The zero-order chi connectivity index (χ0) is 19.8. The summed E-state index contributed by atoms with van der Waals surface area (Å²) in [5.41, 5.74) is 1.70. The second kappa shape index (κ2) is 7.85. The maximum absolute atomic E-state index is 13.0. The second-order valence-corrected chi connectivity index (χ2v) is 14.8. The van der Waals surface area contributed by atoms with Crippen LogP contribution in [-0.4, -0.2) is 47.9 Å². The van der Waals surface area contributed by atoms with E-state index in [1.54, 1.807) is 4.68 Å². The minimum Gasteiger partial charge on any atom is -0.361 e. The lowest BCUT2D eigenvalue weighted by Gasteiger charge is -2.30. The molecule has 0 aliphatic carbocycles. The quantitative estimate of drug-likeness (QED) is 0.379. The number of imide groups is 1. The van der Waals surface area contributed by atoms with Crippen LogP contribution < -0.4 is 0 Å². The van der Waals surface area contributed by atoms with Crippen LogP contribution in [0, 0.1) is 0 Å². The van der Waals surface area contributed by atoms with Crippen LogP contribution in [0.4, 0.5) is 0 Å². The van der Waals surface area contributed by atoms with Gasteiger partial charge in [0.2, 0.25) is 11.8 Å². The van der Waals surface area contributed by atoms with Gasteiger partial charge in [-0.05, 0) is 30.7 Å². The highest BCUT2D eigenvalue weighted by molar-refractivity contribution is 9.10. The molecule has 1 aliphatic rings. The first-order valence-electron chi connectivity index (χ1n) is 9.21. The maximum Gasteiger partial charge on any atom is 0.240 e. The van der Waals surface area contributed by atoms with Crippen molar-refractivity contribution in [1.29, 1.82) is 0 Å². The minimum atomic E-state index is -1.21. The molecule has 3 rings (SSSR count). The van der Waals surface area contributed by atoms with Crippen molar-refractivity contribution in [3.05, 3.63) is 28.4 Å². The van der Waals surface area contributed by atoms with Gasteiger partial charge in [-0.25, -0.2) is 0 Å². The first-order chi connectivity index (χ1) is 12.7. The van der Waals surface area contributed by atoms with Crippen molar-refractivity contribution in [3.63, 3.8) is 0 Å². The Balaban J connectivity index is 1.79. The molecule has 1 unspecified atom stereocenters. The zero-order valence-electron chi connectivity index (χ0n) is 16.3. The van der Waals surface area contributed by atoms with Crippen LogP contribution in [-0.2, 0) is 21.4 Å². The fourth-order valence-corrected chi connectivity index (χ4v) is 4.40. The molecule has 2 amide bonds. The molecule has 146 valence electrons. The molecule has 8 heteroatoms. The SMILES string of the molecule is Cn1nc(C2CCC(=O)N(COCC[Si](C)(C)C)C2=O)c2cc(Br)ccc21. The first kappa shape index (κ1) is 20.2. The van der Waals surface area contributed by atoms with E-state index in [2.05, 4.69) is 40.7 Å². The van der Waals surface area contributed by atoms with Crippen LogP contribution >= 0.6 is 15.9 Å². The molecule has 0 saturated carbocycles. The molecule has 1 aromatic heterocycles. The molecule has 0 bridgehead atoms. The largest absolute Gasteiger partial charge is 0.361 e. The van der Waals surface area contributed by atoms with Crippen molar-refractivity contribution < 1.29 is 14.3 Å². The monoisotopic (exact) mass is 451 g/mol. The van der Waals surface area contributed by atoms with Crippen molar-refractivity contribution in [2.45, 2.75) is 44.4 Å². The highest BCUT2D eigenvalue weighted by Gasteiger charge is 2.37. The normalized spacial score (nSPS) is 18.6. The molecule has 1 aromatic carbocycles. The topological polar surface area (TPSA) is 64.4 Å². The van der Waals surface area contributed by atoms with Crippen LogP contribution in [0.3, 0.4) is 0 Å². The summed E-state index contributed by atoms with van der Waals surface area (Å²) < 4.78 is 8.40. The molecule has 0 radical (unpaired) electrons. The van der Waals surface area contributed by atoms with Crippen LogP contribution in [0.15, 0.2) is 22.7 Å². The molecule has 6 nitrogen and oxygen atoms in total. The van der Waals surface area contributed by atoms with Crippen LogP contribution in [0.2, 0.25) is 25.7 Å². The van der Waals surface area contributed by atoms with Gasteiger partial charge in [0.1, 0.15) is 6.73 Å². The van der Waals surface area contributed by atoms with Crippen molar-refractivity contribution in [2.24, 2.45) is 7.05 Å². The van der Waals surface area contributed by atoms with Gasteiger partial charge in [0, 0.05) is 38.0 Å². The number of hydrogen-bond acceptors (Lipinski definition) is 4. The molecular weight excluding hydrogens is 426 g/mol. The Labute approximate surface area is 169 Å². The molecular formula is C19H26BrN3O3Si. The third-order valence-electron chi connectivity index (χ3n) is 4.90. The smallest absolute Gasteiger partial charge is 0.240 e. The molecule has 1 fully saturated rings. The van der Waals surface area contributed by atoms with Crippen LogP contribution in [0.5, 0.6) is 0 Å². The number of nitrogens with zero attached hydrogens (tertiary/aromatic N) is 3. The summed E-state index contributed by atoms with van der Waals surface area (Å²) in [5.74, 6) is -0.786. The van der Waals surface area contributed by atoms with E-state index in [0.717, 1.165) is 27.1 Å². The summed E-state index contributed by atoms with van der Waals surface area (Å²) in [5, 5.41) is 5.54. The number of carbonyl (C=O) groups excluding carboxylic acids is 2. The highest BCUT2D eigenvalue weighted by Crippen LogP contribution is 2.34. The van der Waals surface area contributed by atoms with Gasteiger partial charge in [-0.1, -0.05) is 35.6 Å². The Bertz CT molecular complexity index is 875. The minimum absolute atomic E-state index is 0.0348. The summed E-state index contributed by atoms with van der Waals surface area (Å²) >= 11 is 3.49. The van der Waals surface area contributed by atoms with E-state index >= 15 is 0 Å². The molecule has 1 aliphatic heterocycles. The van der Waals surface area contributed by atoms with E-state index in [4.69, 9.17) is 4.74 Å². The van der Waals surface area contributed by atoms with Crippen molar-refractivity contribution in [1.82, 2.24) is 14.7 Å². The number of fused-ring (bicyclic) bond motifs is 1. The maximum atomic E-state index is 13.0. The molecule has 1 saturated heterocycles. The van der Waals surface area contributed by atoms with Gasteiger partial charge in [0.15, 0.2) is 0 Å². The second-order valence-electron chi connectivity index (χ2n) is 8.27. The van der Waals surface area contributed by atoms with Gasteiger partial charge in [-0.15, -0.1) is 0 Å². The number of likely N-dealkylation sites (tertiary alicyclic amines) is 1. The standard InChI is InChI=1S/C19H26BrN3O3Si/c1-22-16-7-5-13(20)11-15(16)18(21-22)14-6-8-17(24)23(19(14)25)12-26-9-10-27(2,3)4/h5,7,11,14H,6,8-10,12H2,1-4H3. The van der Waals surface area contributed by atoms with Crippen molar-refractivity contribution in [2.75, 3.05) is 13.3 Å². The van der Waals surface area contributed by atoms with E-state index in [9.17, 15) is 9.59 Å². The van der Waals surface area contributed by atoms with E-state index in [-0.39, 0.29) is 18.5 Å². The number of rotatable bonds is 6. The van der Waals surface area contributed by atoms with Crippen LogP contribution in [0.25, 0.3) is 10.9 Å². The molecule has 1 atom stereocenters. The van der Waals surface area contributed by atoms with Gasteiger partial charge in [-0.3, -0.25) is 19.2 Å². The Hall–Kier alpha value is -1.51. The number of piperidine rings is 1. The summed E-state index contributed by atoms with van der Waals surface area (Å²) in [6.07, 6.45) is 0.821. The fourth-order valence-electron chi connectivity index (χ4n) is 3.28. The van der Waals surface area contributed by atoms with Gasteiger partial charge in [0.05, 0.1) is 17.1 Å². The predicted octanol–water partition coefficient (Wildman–Crippen LogP) is 3.88.